The van der Waals surface area contributed by atoms with E-state index in [1.807, 2.05) is 31.4 Å². The average Bonchev–Trinajstić information content (AvgIpc) is 2.40. The molecule has 0 saturated carbocycles. The molecule has 0 aliphatic carbocycles. The van der Waals surface area contributed by atoms with Crippen LogP contribution < -0.4 is 4.90 Å². The third-order valence-corrected chi connectivity index (χ3v) is 3.04. The molecule has 1 aromatic heterocycles. The first-order valence-corrected chi connectivity index (χ1v) is 6.11. The summed E-state index contributed by atoms with van der Waals surface area (Å²) >= 11 is 0. The molecular formula is C12H20N4O2. The Hall–Kier alpha value is -1.24. The SMILES string of the molecule is CN(C)c1ncc(CN2CCOCC2CO)cn1. The van der Waals surface area contributed by atoms with Crippen LogP contribution in [0.4, 0.5) is 5.95 Å². The molecule has 0 radical (unpaired) electrons. The van der Waals surface area contributed by atoms with E-state index in [9.17, 15) is 5.11 Å². The minimum Gasteiger partial charge on any atom is -0.395 e. The summed E-state index contributed by atoms with van der Waals surface area (Å²) in [6, 6.07) is 0.0762. The maximum Gasteiger partial charge on any atom is 0.224 e. The van der Waals surface area contributed by atoms with E-state index in [1.165, 1.54) is 0 Å². The van der Waals surface area contributed by atoms with Crippen molar-refractivity contribution in [1.29, 1.82) is 0 Å². The lowest BCUT2D eigenvalue weighted by molar-refractivity contribution is -0.0313. The van der Waals surface area contributed by atoms with Crippen LogP contribution in [0.25, 0.3) is 0 Å². The van der Waals surface area contributed by atoms with E-state index in [0.717, 1.165) is 18.7 Å². The normalized spacial score (nSPS) is 20.9. The first-order chi connectivity index (χ1) is 8.70. The number of aliphatic hydroxyl groups is 1. The molecule has 0 aromatic carbocycles. The lowest BCUT2D eigenvalue weighted by Gasteiger charge is -2.34. The second kappa shape index (κ2) is 6.08. The Labute approximate surface area is 107 Å². The van der Waals surface area contributed by atoms with Crippen LogP contribution >= 0.6 is 0 Å². The molecule has 6 heteroatoms. The van der Waals surface area contributed by atoms with Gasteiger partial charge >= 0.3 is 0 Å². The maximum atomic E-state index is 9.30. The quantitative estimate of drug-likeness (QED) is 0.796. The lowest BCUT2D eigenvalue weighted by atomic mass is 10.2. The fourth-order valence-electron chi connectivity index (χ4n) is 1.96. The monoisotopic (exact) mass is 252 g/mol. The molecule has 1 atom stereocenters. The average molecular weight is 252 g/mol. The molecule has 0 bridgehead atoms. The van der Waals surface area contributed by atoms with Crippen LogP contribution in [-0.4, -0.2) is 66.5 Å². The summed E-state index contributed by atoms with van der Waals surface area (Å²) in [5, 5.41) is 9.30. The minimum absolute atomic E-state index is 0.0762. The number of rotatable bonds is 4. The van der Waals surface area contributed by atoms with Gasteiger partial charge in [-0.15, -0.1) is 0 Å². The largest absolute Gasteiger partial charge is 0.395 e. The van der Waals surface area contributed by atoms with Gasteiger partial charge in [0.25, 0.3) is 0 Å². The van der Waals surface area contributed by atoms with Crippen molar-refractivity contribution in [3.63, 3.8) is 0 Å². The third-order valence-electron chi connectivity index (χ3n) is 3.04. The standard InChI is InChI=1S/C12H20N4O2/c1-15(2)12-13-5-10(6-14-12)7-16-3-4-18-9-11(16)8-17/h5-6,11,17H,3-4,7-9H2,1-2H3. The van der Waals surface area contributed by atoms with Crippen LogP contribution in [0.15, 0.2) is 12.4 Å². The van der Waals surface area contributed by atoms with Gasteiger partial charge in [0.2, 0.25) is 5.95 Å². The van der Waals surface area contributed by atoms with Gasteiger partial charge in [0.15, 0.2) is 0 Å². The molecule has 18 heavy (non-hydrogen) atoms. The topological polar surface area (TPSA) is 61.7 Å². The van der Waals surface area contributed by atoms with E-state index < -0.39 is 0 Å². The predicted octanol–water partition coefficient (Wildman–Crippen LogP) is -0.264. The minimum atomic E-state index is 0.0762. The van der Waals surface area contributed by atoms with E-state index in [2.05, 4.69) is 14.9 Å². The maximum absolute atomic E-state index is 9.30. The fourth-order valence-corrected chi connectivity index (χ4v) is 1.96. The molecular weight excluding hydrogens is 232 g/mol. The zero-order chi connectivity index (χ0) is 13.0. The predicted molar refractivity (Wildman–Crippen MR) is 68.5 cm³/mol. The molecule has 0 amide bonds. The van der Waals surface area contributed by atoms with Crippen LogP contribution in [0.1, 0.15) is 5.56 Å². The lowest BCUT2D eigenvalue weighted by Crippen LogP contribution is -2.46. The Bertz CT molecular complexity index is 369. The summed E-state index contributed by atoms with van der Waals surface area (Å²) in [7, 11) is 3.83. The summed E-state index contributed by atoms with van der Waals surface area (Å²) in [6.07, 6.45) is 3.68. The van der Waals surface area contributed by atoms with E-state index >= 15 is 0 Å². The van der Waals surface area contributed by atoms with E-state index in [-0.39, 0.29) is 12.6 Å². The zero-order valence-corrected chi connectivity index (χ0v) is 10.9. The van der Waals surface area contributed by atoms with Gasteiger partial charge < -0.3 is 14.7 Å². The first-order valence-electron chi connectivity index (χ1n) is 6.11. The number of ether oxygens (including phenoxy) is 1. The Morgan fingerprint density at radius 1 is 1.44 bits per heavy atom. The number of anilines is 1. The number of aromatic nitrogens is 2. The van der Waals surface area contributed by atoms with Crippen molar-refractivity contribution in [1.82, 2.24) is 14.9 Å². The van der Waals surface area contributed by atoms with Crippen LogP contribution in [-0.2, 0) is 11.3 Å². The van der Waals surface area contributed by atoms with Gasteiger partial charge in [0, 0.05) is 45.1 Å². The molecule has 1 N–H and O–H groups in total. The van der Waals surface area contributed by atoms with Crippen molar-refractivity contribution in [3.8, 4) is 0 Å². The van der Waals surface area contributed by atoms with Crippen LogP contribution in [0, 0.1) is 0 Å². The van der Waals surface area contributed by atoms with Gasteiger partial charge in [-0.1, -0.05) is 0 Å². The molecule has 1 aliphatic heterocycles. The Kier molecular flexibility index (Phi) is 4.46. The van der Waals surface area contributed by atoms with Gasteiger partial charge in [0.05, 0.1) is 25.9 Å². The summed E-state index contributed by atoms with van der Waals surface area (Å²) in [4.78, 5) is 12.7. The summed E-state index contributed by atoms with van der Waals surface area (Å²) < 4.78 is 5.35. The summed E-state index contributed by atoms with van der Waals surface area (Å²) in [5.41, 5.74) is 1.06. The van der Waals surface area contributed by atoms with Gasteiger partial charge in [-0.05, 0) is 0 Å². The van der Waals surface area contributed by atoms with Crippen LogP contribution in [0.3, 0.4) is 0 Å². The number of aliphatic hydroxyl groups excluding tert-OH is 1. The van der Waals surface area contributed by atoms with Crippen molar-refractivity contribution >= 4 is 5.95 Å². The number of hydrogen-bond acceptors (Lipinski definition) is 6. The highest BCUT2D eigenvalue weighted by Crippen LogP contribution is 2.12. The molecule has 1 aliphatic rings. The van der Waals surface area contributed by atoms with Gasteiger partial charge in [-0.2, -0.15) is 0 Å². The highest BCUT2D eigenvalue weighted by atomic mass is 16.5. The molecule has 100 valence electrons. The highest BCUT2D eigenvalue weighted by molar-refractivity contribution is 5.26. The van der Waals surface area contributed by atoms with Crippen molar-refractivity contribution in [2.24, 2.45) is 0 Å². The van der Waals surface area contributed by atoms with E-state index in [0.29, 0.717) is 19.2 Å². The zero-order valence-electron chi connectivity index (χ0n) is 10.9. The second-order valence-electron chi connectivity index (χ2n) is 4.67. The van der Waals surface area contributed by atoms with E-state index in [1.54, 1.807) is 0 Å². The molecule has 1 saturated heterocycles. The van der Waals surface area contributed by atoms with Crippen molar-refractivity contribution in [2.75, 3.05) is 45.4 Å². The Balaban J connectivity index is 1.99. The molecule has 1 aromatic rings. The van der Waals surface area contributed by atoms with Gasteiger partial charge in [0.1, 0.15) is 0 Å². The van der Waals surface area contributed by atoms with Crippen LogP contribution in [0.5, 0.6) is 0 Å². The highest BCUT2D eigenvalue weighted by Gasteiger charge is 2.22. The van der Waals surface area contributed by atoms with Crippen molar-refractivity contribution in [3.05, 3.63) is 18.0 Å². The molecule has 0 spiro atoms. The van der Waals surface area contributed by atoms with Crippen molar-refractivity contribution < 1.29 is 9.84 Å². The van der Waals surface area contributed by atoms with Gasteiger partial charge in [-0.25, -0.2) is 9.97 Å². The van der Waals surface area contributed by atoms with Gasteiger partial charge in [-0.3, -0.25) is 4.90 Å². The molecule has 2 heterocycles. The fraction of sp³-hybridized carbons (Fsp3) is 0.667. The van der Waals surface area contributed by atoms with Crippen LogP contribution in [0.2, 0.25) is 0 Å². The Morgan fingerprint density at radius 3 is 2.78 bits per heavy atom. The number of hydrogen-bond donors (Lipinski definition) is 1. The Morgan fingerprint density at radius 2 is 2.17 bits per heavy atom. The molecule has 1 unspecified atom stereocenters. The molecule has 6 nitrogen and oxygen atoms in total. The molecule has 2 rings (SSSR count). The summed E-state index contributed by atoms with van der Waals surface area (Å²) in [5.74, 6) is 0.708. The second-order valence-corrected chi connectivity index (χ2v) is 4.67. The number of morpholine rings is 1. The number of nitrogens with zero attached hydrogens (tertiary/aromatic N) is 4. The first kappa shape index (κ1) is 13.2. The van der Waals surface area contributed by atoms with Crippen molar-refractivity contribution in [2.45, 2.75) is 12.6 Å². The third kappa shape index (κ3) is 3.16. The van der Waals surface area contributed by atoms with E-state index in [4.69, 9.17) is 4.74 Å². The summed E-state index contributed by atoms with van der Waals surface area (Å²) in [6.45, 7) is 3.01. The molecule has 1 fully saturated rings. The smallest absolute Gasteiger partial charge is 0.224 e.